The van der Waals surface area contributed by atoms with E-state index < -0.39 is 0 Å². The molecule has 3 aromatic carbocycles. The van der Waals surface area contributed by atoms with Crippen LogP contribution in [0.1, 0.15) is 90.1 Å². The average molecular weight is 577 g/mol. The van der Waals surface area contributed by atoms with Gasteiger partial charge in [-0.3, -0.25) is 4.79 Å². The first-order valence-corrected chi connectivity index (χ1v) is 15.7. The molecule has 0 radical (unpaired) electrons. The summed E-state index contributed by atoms with van der Waals surface area (Å²) in [5.74, 6) is 1.52. The number of hydrogen-bond donors (Lipinski definition) is 0. The highest BCUT2D eigenvalue weighted by molar-refractivity contribution is 6.08. The van der Waals surface area contributed by atoms with Gasteiger partial charge < -0.3 is 13.7 Å². The lowest BCUT2D eigenvalue weighted by molar-refractivity contribution is 0.101. The van der Waals surface area contributed by atoms with Gasteiger partial charge in [0.1, 0.15) is 11.5 Å². The molecule has 5 nitrogen and oxygen atoms in total. The van der Waals surface area contributed by atoms with E-state index in [0.717, 1.165) is 58.8 Å². The number of carbonyl (C=O) groups is 1. The summed E-state index contributed by atoms with van der Waals surface area (Å²) in [6, 6.07) is 25.0. The van der Waals surface area contributed by atoms with Gasteiger partial charge in [-0.25, -0.2) is 4.98 Å². The summed E-state index contributed by atoms with van der Waals surface area (Å²) < 4.78 is 13.8. The Morgan fingerprint density at radius 1 is 0.860 bits per heavy atom. The maximum atomic E-state index is 12.2. The lowest BCUT2D eigenvalue weighted by atomic mass is 10.0. The van der Waals surface area contributed by atoms with Crippen LogP contribution < -0.4 is 0 Å². The third-order valence-electron chi connectivity index (χ3n) is 8.50. The molecule has 0 spiro atoms. The van der Waals surface area contributed by atoms with Gasteiger partial charge in [-0.15, -0.1) is 0 Å². The summed E-state index contributed by atoms with van der Waals surface area (Å²) in [4.78, 5) is 17.0. The molecule has 0 aliphatic carbocycles. The van der Waals surface area contributed by atoms with Crippen molar-refractivity contribution in [2.75, 3.05) is 6.61 Å². The highest BCUT2D eigenvalue weighted by Crippen LogP contribution is 2.29. The fourth-order valence-electron chi connectivity index (χ4n) is 5.98. The van der Waals surface area contributed by atoms with E-state index >= 15 is 0 Å². The Hall–Kier alpha value is -3.96. The summed E-state index contributed by atoms with van der Waals surface area (Å²) in [6.45, 7) is 10.0. The number of ether oxygens (including phenoxy) is 1. The van der Waals surface area contributed by atoms with Crippen LogP contribution in [0.5, 0.6) is 0 Å². The van der Waals surface area contributed by atoms with Gasteiger partial charge in [0.05, 0.1) is 13.2 Å². The first-order valence-electron chi connectivity index (χ1n) is 15.7. The molecule has 0 saturated carbocycles. The number of aromatic nitrogens is 2. The molecule has 1 aliphatic heterocycles. The minimum atomic E-state index is 0.0843. The van der Waals surface area contributed by atoms with Crippen molar-refractivity contribution in [3.05, 3.63) is 112 Å². The molecule has 224 valence electrons. The Labute approximate surface area is 255 Å². The van der Waals surface area contributed by atoms with Crippen LogP contribution in [0.3, 0.4) is 0 Å². The number of para-hydroxylation sites is 1. The zero-order valence-electron chi connectivity index (χ0n) is 26.1. The van der Waals surface area contributed by atoms with E-state index in [1.54, 1.807) is 6.92 Å². The van der Waals surface area contributed by atoms with E-state index in [4.69, 9.17) is 14.1 Å². The standard InChI is InChI=1S/C24H24N2O2.C14H20O/c1-5-18-10-12-19(13-11-18)24-25-21(17(4)28-24)14-26-15(2)23(16(3)27)20-8-6-7-9-22(20)26;1-2-4-8-13-9-5-6-10-14(13)12-15-11-7-3-1/h6-13H,5,14H2,1-4H3;5-6,9-10H,1-4,7-8,11-12H2. The number of aryl methyl sites for hydroxylation is 3. The Morgan fingerprint density at radius 2 is 1.56 bits per heavy atom. The van der Waals surface area contributed by atoms with E-state index in [0.29, 0.717) is 12.4 Å². The smallest absolute Gasteiger partial charge is 0.226 e. The average Bonchev–Trinajstić information content (AvgIpc) is 3.51. The first kappa shape index (κ1) is 30.5. The van der Waals surface area contributed by atoms with Gasteiger partial charge in [0.15, 0.2) is 5.78 Å². The fraction of sp³-hybridized carbons (Fsp3) is 0.368. The Balaban J connectivity index is 0.000000207. The van der Waals surface area contributed by atoms with Gasteiger partial charge >= 0.3 is 0 Å². The van der Waals surface area contributed by atoms with Crippen molar-refractivity contribution in [3.8, 4) is 11.5 Å². The summed E-state index contributed by atoms with van der Waals surface area (Å²) in [5.41, 5.74) is 8.81. The van der Waals surface area contributed by atoms with Crippen LogP contribution >= 0.6 is 0 Å². The topological polar surface area (TPSA) is 57.3 Å². The van der Waals surface area contributed by atoms with E-state index in [1.807, 2.05) is 32.0 Å². The molecule has 43 heavy (non-hydrogen) atoms. The number of carbonyl (C=O) groups excluding carboxylic acids is 1. The van der Waals surface area contributed by atoms with E-state index in [2.05, 4.69) is 66.1 Å². The molecule has 5 heteroatoms. The van der Waals surface area contributed by atoms with Crippen LogP contribution in [-0.4, -0.2) is 21.9 Å². The number of benzene rings is 3. The molecule has 3 heterocycles. The predicted octanol–water partition coefficient (Wildman–Crippen LogP) is 9.44. The van der Waals surface area contributed by atoms with Crippen molar-refractivity contribution >= 4 is 16.7 Å². The Morgan fingerprint density at radius 3 is 2.33 bits per heavy atom. The number of ketones is 1. The maximum absolute atomic E-state index is 12.2. The maximum Gasteiger partial charge on any atom is 0.226 e. The van der Waals surface area contributed by atoms with Crippen LogP contribution in [0.15, 0.2) is 77.2 Å². The lowest BCUT2D eigenvalue weighted by Crippen LogP contribution is -2.05. The van der Waals surface area contributed by atoms with Gasteiger partial charge in [-0.2, -0.15) is 0 Å². The lowest BCUT2D eigenvalue weighted by Gasteiger charge is -2.08. The van der Waals surface area contributed by atoms with E-state index in [9.17, 15) is 4.79 Å². The molecule has 0 unspecified atom stereocenters. The Bertz CT molecular complexity index is 1630. The number of Topliss-reactive ketones (excluding diaryl/α,β-unsaturated/α-hetero) is 1. The van der Waals surface area contributed by atoms with E-state index in [-0.39, 0.29) is 5.78 Å². The zero-order chi connectivity index (χ0) is 30.2. The van der Waals surface area contributed by atoms with Crippen molar-refractivity contribution in [2.45, 2.75) is 85.8 Å². The SMILES string of the molecule is CCc1ccc(-c2nc(Cn3c(C)c(C(C)=O)c4ccccc43)c(C)o2)cc1.c1ccc2c(c1)CCCCCCCOC2. The number of oxazole rings is 1. The largest absolute Gasteiger partial charge is 0.441 e. The van der Waals surface area contributed by atoms with Gasteiger partial charge in [0.25, 0.3) is 0 Å². The molecule has 0 atom stereocenters. The summed E-state index contributed by atoms with van der Waals surface area (Å²) in [6.07, 6.45) is 8.85. The first-order chi connectivity index (χ1) is 21.0. The molecule has 0 saturated heterocycles. The van der Waals surface area contributed by atoms with Gasteiger partial charge in [-0.05, 0) is 81.3 Å². The molecule has 0 fully saturated rings. The molecule has 2 aromatic heterocycles. The normalized spacial score (nSPS) is 14.0. The van der Waals surface area contributed by atoms with Crippen molar-refractivity contribution in [2.24, 2.45) is 0 Å². The van der Waals surface area contributed by atoms with Crippen molar-refractivity contribution in [1.82, 2.24) is 9.55 Å². The molecular formula is C38H44N2O3. The molecular weight excluding hydrogens is 532 g/mol. The quantitative estimate of drug-likeness (QED) is 0.196. The molecule has 5 aromatic rings. The van der Waals surface area contributed by atoms with E-state index in [1.165, 1.54) is 55.2 Å². The molecule has 0 bridgehead atoms. The third-order valence-corrected chi connectivity index (χ3v) is 8.50. The second-order valence-corrected chi connectivity index (χ2v) is 11.5. The summed E-state index contributed by atoms with van der Waals surface area (Å²) >= 11 is 0. The number of hydrogen-bond acceptors (Lipinski definition) is 4. The monoisotopic (exact) mass is 576 g/mol. The molecule has 1 aliphatic rings. The minimum absolute atomic E-state index is 0.0843. The fourth-order valence-corrected chi connectivity index (χ4v) is 5.98. The predicted molar refractivity (Wildman–Crippen MR) is 175 cm³/mol. The highest BCUT2D eigenvalue weighted by atomic mass is 16.5. The second-order valence-electron chi connectivity index (χ2n) is 11.5. The van der Waals surface area contributed by atoms with Crippen LogP contribution in [0.4, 0.5) is 0 Å². The second kappa shape index (κ2) is 14.5. The van der Waals surface area contributed by atoms with Gasteiger partial charge in [0.2, 0.25) is 5.89 Å². The highest BCUT2D eigenvalue weighted by Gasteiger charge is 2.19. The molecule has 0 amide bonds. The zero-order valence-corrected chi connectivity index (χ0v) is 26.1. The number of fused-ring (bicyclic) bond motifs is 2. The minimum Gasteiger partial charge on any atom is -0.441 e. The van der Waals surface area contributed by atoms with Gasteiger partial charge in [0, 0.05) is 34.3 Å². The third kappa shape index (κ3) is 7.34. The number of rotatable bonds is 5. The van der Waals surface area contributed by atoms with Crippen LogP contribution in [-0.2, 0) is 30.7 Å². The Kier molecular flexibility index (Phi) is 10.3. The van der Waals surface area contributed by atoms with Gasteiger partial charge in [-0.1, -0.05) is 80.8 Å². The van der Waals surface area contributed by atoms with Crippen molar-refractivity contribution < 1.29 is 13.9 Å². The number of nitrogens with zero attached hydrogens (tertiary/aromatic N) is 2. The summed E-state index contributed by atoms with van der Waals surface area (Å²) in [5, 5.41) is 0.990. The van der Waals surface area contributed by atoms with Crippen LogP contribution in [0, 0.1) is 13.8 Å². The molecule has 6 rings (SSSR count). The summed E-state index contributed by atoms with van der Waals surface area (Å²) in [7, 11) is 0. The van der Waals surface area contributed by atoms with Crippen LogP contribution in [0.25, 0.3) is 22.4 Å². The van der Waals surface area contributed by atoms with Crippen LogP contribution in [0.2, 0.25) is 0 Å². The van der Waals surface area contributed by atoms with Crippen molar-refractivity contribution in [1.29, 1.82) is 0 Å². The van der Waals surface area contributed by atoms with Crippen molar-refractivity contribution in [3.63, 3.8) is 0 Å². The molecule has 0 N–H and O–H groups in total.